The lowest BCUT2D eigenvalue weighted by atomic mass is 10.2. The van der Waals surface area contributed by atoms with E-state index in [1.165, 1.54) is 36.4 Å². The van der Waals surface area contributed by atoms with Gasteiger partial charge in [0.2, 0.25) is 10.0 Å². The molecular weight excluding hydrogens is 379 g/mol. The first-order valence-corrected chi connectivity index (χ1v) is 10.1. The van der Waals surface area contributed by atoms with Crippen molar-refractivity contribution in [2.75, 3.05) is 0 Å². The number of carbonyl (C=O) groups is 1. The molecule has 0 aliphatic heterocycles. The van der Waals surface area contributed by atoms with Gasteiger partial charge < -0.3 is 5.32 Å². The third-order valence-electron chi connectivity index (χ3n) is 4.10. The summed E-state index contributed by atoms with van der Waals surface area (Å²) in [6.07, 6.45) is 0. The van der Waals surface area contributed by atoms with E-state index in [9.17, 15) is 17.6 Å². The lowest BCUT2D eigenvalue weighted by Crippen LogP contribution is -2.24. The Hall–Kier alpha value is -3.03. The Labute approximate surface area is 163 Å². The van der Waals surface area contributed by atoms with Gasteiger partial charge in [0.15, 0.2) is 0 Å². The summed E-state index contributed by atoms with van der Waals surface area (Å²) < 4.78 is 40.2. The average Bonchev–Trinajstić information content (AvgIpc) is 2.72. The van der Waals surface area contributed by atoms with Gasteiger partial charge in [-0.05, 0) is 47.5 Å². The minimum absolute atomic E-state index is 0.0820. The van der Waals surface area contributed by atoms with Crippen LogP contribution >= 0.6 is 0 Å². The van der Waals surface area contributed by atoms with E-state index in [0.717, 1.165) is 11.1 Å². The van der Waals surface area contributed by atoms with Gasteiger partial charge in [0.1, 0.15) is 5.82 Å². The van der Waals surface area contributed by atoms with Crippen LogP contribution in [0.4, 0.5) is 4.39 Å². The highest BCUT2D eigenvalue weighted by molar-refractivity contribution is 7.89. The number of nitrogens with one attached hydrogen (secondary N) is 2. The Morgan fingerprint density at radius 2 is 1.39 bits per heavy atom. The number of carbonyl (C=O) groups excluding carboxylic acids is 1. The van der Waals surface area contributed by atoms with Crippen molar-refractivity contribution < 1.29 is 17.6 Å². The lowest BCUT2D eigenvalue weighted by Gasteiger charge is -2.09. The molecule has 0 radical (unpaired) electrons. The standard InChI is InChI=1S/C21H19FN2O3S/c22-19-10-6-17(7-11-19)14-23-21(25)18-8-12-20(13-9-18)28(26,27)24-15-16-4-2-1-3-5-16/h1-13,24H,14-15H2,(H,23,25). The van der Waals surface area contributed by atoms with Crippen LogP contribution in [0.2, 0.25) is 0 Å². The van der Waals surface area contributed by atoms with Crippen LogP contribution in [-0.4, -0.2) is 14.3 Å². The molecule has 144 valence electrons. The predicted molar refractivity (Wildman–Crippen MR) is 104 cm³/mol. The van der Waals surface area contributed by atoms with Crippen LogP contribution in [0.15, 0.2) is 83.8 Å². The molecule has 0 aromatic heterocycles. The van der Waals surface area contributed by atoms with Crippen molar-refractivity contribution >= 4 is 15.9 Å². The highest BCUT2D eigenvalue weighted by Gasteiger charge is 2.14. The summed E-state index contributed by atoms with van der Waals surface area (Å²) in [6, 6.07) is 20.7. The monoisotopic (exact) mass is 398 g/mol. The van der Waals surface area contributed by atoms with Crippen molar-refractivity contribution in [2.45, 2.75) is 18.0 Å². The molecule has 3 aromatic carbocycles. The van der Waals surface area contributed by atoms with Gasteiger partial charge in [-0.1, -0.05) is 42.5 Å². The number of halogens is 1. The van der Waals surface area contributed by atoms with E-state index in [0.29, 0.717) is 5.56 Å². The second kappa shape index (κ2) is 8.77. The largest absolute Gasteiger partial charge is 0.348 e. The van der Waals surface area contributed by atoms with E-state index in [-0.39, 0.29) is 29.7 Å². The van der Waals surface area contributed by atoms with E-state index >= 15 is 0 Å². The summed E-state index contributed by atoms with van der Waals surface area (Å²) in [4.78, 5) is 12.3. The van der Waals surface area contributed by atoms with Gasteiger partial charge in [-0.2, -0.15) is 0 Å². The van der Waals surface area contributed by atoms with Gasteiger partial charge in [-0.15, -0.1) is 0 Å². The number of hydrogen-bond donors (Lipinski definition) is 2. The van der Waals surface area contributed by atoms with Crippen molar-refractivity contribution in [3.63, 3.8) is 0 Å². The average molecular weight is 398 g/mol. The van der Waals surface area contributed by atoms with E-state index < -0.39 is 10.0 Å². The molecule has 0 aliphatic rings. The fraction of sp³-hybridized carbons (Fsp3) is 0.0952. The molecule has 0 saturated carbocycles. The van der Waals surface area contributed by atoms with Crippen molar-refractivity contribution in [2.24, 2.45) is 0 Å². The summed E-state index contributed by atoms with van der Waals surface area (Å²) in [7, 11) is -3.68. The van der Waals surface area contributed by atoms with Crippen LogP contribution < -0.4 is 10.0 Å². The third kappa shape index (κ3) is 5.25. The van der Waals surface area contributed by atoms with Crippen LogP contribution in [-0.2, 0) is 23.1 Å². The minimum atomic E-state index is -3.68. The first-order valence-electron chi connectivity index (χ1n) is 8.60. The second-order valence-corrected chi connectivity index (χ2v) is 7.91. The summed E-state index contributed by atoms with van der Waals surface area (Å²) in [5, 5.41) is 2.71. The normalized spacial score (nSPS) is 11.2. The van der Waals surface area contributed by atoms with Crippen molar-refractivity contribution in [3.8, 4) is 0 Å². The molecular formula is C21H19FN2O3S. The Balaban J connectivity index is 1.60. The zero-order valence-corrected chi connectivity index (χ0v) is 15.7. The number of sulfonamides is 1. The Kier molecular flexibility index (Phi) is 6.18. The van der Waals surface area contributed by atoms with E-state index in [4.69, 9.17) is 0 Å². The topological polar surface area (TPSA) is 75.3 Å². The zero-order valence-electron chi connectivity index (χ0n) is 14.9. The van der Waals surface area contributed by atoms with Crippen LogP contribution in [0.3, 0.4) is 0 Å². The molecule has 3 rings (SSSR count). The summed E-state index contributed by atoms with van der Waals surface area (Å²) in [5.74, 6) is -0.682. The van der Waals surface area contributed by atoms with Gasteiger partial charge in [0, 0.05) is 18.7 Å². The van der Waals surface area contributed by atoms with Crippen molar-refractivity contribution in [1.29, 1.82) is 0 Å². The third-order valence-corrected chi connectivity index (χ3v) is 5.52. The Morgan fingerprint density at radius 1 is 0.786 bits per heavy atom. The number of benzene rings is 3. The quantitative estimate of drug-likeness (QED) is 0.642. The highest BCUT2D eigenvalue weighted by atomic mass is 32.2. The van der Waals surface area contributed by atoms with E-state index in [2.05, 4.69) is 10.0 Å². The SMILES string of the molecule is O=C(NCc1ccc(F)cc1)c1ccc(S(=O)(=O)NCc2ccccc2)cc1. The summed E-state index contributed by atoms with van der Waals surface area (Å²) >= 11 is 0. The molecule has 2 N–H and O–H groups in total. The molecule has 0 aliphatic carbocycles. The number of amides is 1. The Morgan fingerprint density at radius 3 is 2.04 bits per heavy atom. The van der Waals surface area contributed by atoms with Crippen LogP contribution in [0.5, 0.6) is 0 Å². The Bertz CT molecular complexity index is 1040. The zero-order chi connectivity index (χ0) is 20.0. The number of hydrogen-bond acceptors (Lipinski definition) is 3. The van der Waals surface area contributed by atoms with Gasteiger partial charge >= 0.3 is 0 Å². The molecule has 0 heterocycles. The molecule has 0 saturated heterocycles. The van der Waals surface area contributed by atoms with Crippen LogP contribution in [0.25, 0.3) is 0 Å². The van der Waals surface area contributed by atoms with E-state index in [1.807, 2.05) is 30.3 Å². The fourth-order valence-electron chi connectivity index (χ4n) is 2.53. The van der Waals surface area contributed by atoms with Crippen molar-refractivity contribution in [1.82, 2.24) is 10.0 Å². The van der Waals surface area contributed by atoms with Crippen LogP contribution in [0.1, 0.15) is 21.5 Å². The van der Waals surface area contributed by atoms with E-state index in [1.54, 1.807) is 12.1 Å². The molecule has 0 spiro atoms. The predicted octanol–water partition coefficient (Wildman–Crippen LogP) is 3.23. The van der Waals surface area contributed by atoms with Gasteiger partial charge in [-0.25, -0.2) is 17.5 Å². The van der Waals surface area contributed by atoms with Gasteiger partial charge in [0.25, 0.3) is 5.91 Å². The number of rotatable bonds is 7. The molecule has 3 aromatic rings. The molecule has 0 atom stereocenters. The smallest absolute Gasteiger partial charge is 0.251 e. The summed E-state index contributed by atoms with van der Waals surface area (Å²) in [6.45, 7) is 0.431. The maximum atomic E-state index is 12.9. The molecule has 1 amide bonds. The first-order chi connectivity index (χ1) is 13.4. The molecule has 0 bridgehead atoms. The van der Waals surface area contributed by atoms with Gasteiger partial charge in [0.05, 0.1) is 4.90 Å². The van der Waals surface area contributed by atoms with Crippen LogP contribution in [0, 0.1) is 5.82 Å². The summed E-state index contributed by atoms with van der Waals surface area (Å²) in [5.41, 5.74) is 1.95. The molecule has 0 fully saturated rings. The highest BCUT2D eigenvalue weighted by Crippen LogP contribution is 2.12. The fourth-order valence-corrected chi connectivity index (χ4v) is 3.55. The molecule has 28 heavy (non-hydrogen) atoms. The second-order valence-electron chi connectivity index (χ2n) is 6.14. The minimum Gasteiger partial charge on any atom is -0.348 e. The maximum Gasteiger partial charge on any atom is 0.251 e. The molecule has 0 unspecified atom stereocenters. The molecule has 5 nitrogen and oxygen atoms in total. The maximum absolute atomic E-state index is 12.9. The van der Waals surface area contributed by atoms with Crippen molar-refractivity contribution in [3.05, 3.63) is 101 Å². The molecule has 7 heteroatoms. The first kappa shape index (κ1) is 19.7. The lowest BCUT2D eigenvalue weighted by molar-refractivity contribution is 0.0951. The van der Waals surface area contributed by atoms with Gasteiger partial charge in [-0.3, -0.25) is 4.79 Å².